The van der Waals surface area contributed by atoms with Crippen molar-refractivity contribution in [2.75, 3.05) is 0 Å². The Kier molecular flexibility index (Phi) is 4.00. The van der Waals surface area contributed by atoms with E-state index in [-0.39, 0.29) is 6.10 Å². The third-order valence-corrected chi connectivity index (χ3v) is 1.59. The van der Waals surface area contributed by atoms with Gasteiger partial charge in [-0.05, 0) is 12.5 Å². The fourth-order valence-corrected chi connectivity index (χ4v) is 0.943. The van der Waals surface area contributed by atoms with Gasteiger partial charge in [0.05, 0.1) is 6.10 Å². The molecule has 1 heteroatoms. The number of rotatable bonds is 2. The summed E-state index contributed by atoms with van der Waals surface area (Å²) in [5.41, 5.74) is 1.08. The maximum atomic E-state index is 9.04. The van der Waals surface area contributed by atoms with E-state index in [1.807, 2.05) is 48.6 Å². The average molecular weight is 174 g/mol. The van der Waals surface area contributed by atoms with Crippen LogP contribution in [-0.2, 0) is 0 Å². The summed E-state index contributed by atoms with van der Waals surface area (Å²) >= 11 is 0. The van der Waals surface area contributed by atoms with Gasteiger partial charge in [-0.15, -0.1) is 0 Å². The number of hydrogen-bond acceptors (Lipinski definition) is 1. The minimum atomic E-state index is -0.390. The van der Waals surface area contributed by atoms with Crippen molar-refractivity contribution in [1.82, 2.24) is 0 Å². The molecule has 1 rings (SSSR count). The smallest absolute Gasteiger partial charge is 0.0696 e. The summed E-state index contributed by atoms with van der Waals surface area (Å²) in [6, 6.07) is 0. The van der Waals surface area contributed by atoms with Crippen LogP contribution in [0.4, 0.5) is 0 Å². The van der Waals surface area contributed by atoms with Crippen LogP contribution in [0.2, 0.25) is 0 Å². The molecule has 0 saturated heterocycles. The fourth-order valence-electron chi connectivity index (χ4n) is 0.943. The van der Waals surface area contributed by atoms with E-state index in [4.69, 9.17) is 5.11 Å². The number of hydrogen-bond donors (Lipinski definition) is 1. The van der Waals surface area contributed by atoms with E-state index in [1.165, 1.54) is 0 Å². The molecule has 0 radical (unpaired) electrons. The zero-order valence-corrected chi connectivity index (χ0v) is 7.72. The standard InChI is InChI=1S/C12H14O/c1-11(13)9-10-12-7-5-3-2-4-6-8-12/h2-11,13H,1H3/b3-2-,4-2?,5-3?,6-4-,7-5-,8-6?,10-9+,12-7?,12-8+. The molecule has 0 aromatic carbocycles. The van der Waals surface area contributed by atoms with Gasteiger partial charge in [0.1, 0.15) is 0 Å². The van der Waals surface area contributed by atoms with Crippen LogP contribution in [0.25, 0.3) is 0 Å². The minimum absolute atomic E-state index is 0.390. The summed E-state index contributed by atoms with van der Waals surface area (Å²) in [7, 11) is 0. The van der Waals surface area contributed by atoms with E-state index in [1.54, 1.807) is 13.0 Å². The van der Waals surface area contributed by atoms with Crippen molar-refractivity contribution >= 4 is 0 Å². The van der Waals surface area contributed by atoms with Gasteiger partial charge in [0.25, 0.3) is 0 Å². The molecule has 1 aliphatic rings. The third-order valence-electron chi connectivity index (χ3n) is 1.59. The first-order chi connectivity index (χ1) is 6.29. The van der Waals surface area contributed by atoms with Gasteiger partial charge in [0.15, 0.2) is 0 Å². The highest BCUT2D eigenvalue weighted by Crippen LogP contribution is 2.03. The van der Waals surface area contributed by atoms with Gasteiger partial charge in [-0.3, -0.25) is 0 Å². The van der Waals surface area contributed by atoms with Gasteiger partial charge in [-0.2, -0.15) is 0 Å². The molecule has 1 aliphatic carbocycles. The highest BCUT2D eigenvalue weighted by atomic mass is 16.3. The van der Waals surface area contributed by atoms with Crippen LogP contribution in [0, 0.1) is 0 Å². The van der Waals surface area contributed by atoms with E-state index in [0.29, 0.717) is 0 Å². The van der Waals surface area contributed by atoms with E-state index in [2.05, 4.69) is 0 Å². The largest absolute Gasteiger partial charge is 0.389 e. The number of allylic oxidation sites excluding steroid dienone is 9. The molecule has 0 fully saturated rings. The highest BCUT2D eigenvalue weighted by molar-refractivity contribution is 5.38. The molecule has 1 N–H and O–H groups in total. The molecular weight excluding hydrogens is 160 g/mol. The Hall–Kier alpha value is -1.34. The maximum absolute atomic E-state index is 9.04. The molecule has 0 amide bonds. The van der Waals surface area contributed by atoms with Gasteiger partial charge in [0, 0.05) is 0 Å². The third kappa shape index (κ3) is 4.28. The van der Waals surface area contributed by atoms with Gasteiger partial charge < -0.3 is 5.11 Å². The second-order valence-electron chi connectivity index (χ2n) is 2.90. The summed E-state index contributed by atoms with van der Waals surface area (Å²) in [5, 5.41) is 9.04. The maximum Gasteiger partial charge on any atom is 0.0696 e. The predicted octanol–water partition coefficient (Wildman–Crippen LogP) is 2.53. The van der Waals surface area contributed by atoms with Gasteiger partial charge in [-0.1, -0.05) is 54.7 Å². The summed E-state index contributed by atoms with van der Waals surface area (Å²) < 4.78 is 0. The molecule has 0 spiro atoms. The SMILES string of the molecule is CC(O)/C=C/C1=C/C=C\C=C/C=C\1. The molecule has 0 aromatic rings. The zero-order chi connectivity index (χ0) is 9.52. The van der Waals surface area contributed by atoms with Crippen LogP contribution in [0.3, 0.4) is 0 Å². The molecular formula is C12H14O. The summed E-state index contributed by atoms with van der Waals surface area (Å²) in [6.07, 6.45) is 17.1. The molecule has 0 bridgehead atoms. The Morgan fingerprint density at radius 3 is 2.62 bits per heavy atom. The lowest BCUT2D eigenvalue weighted by atomic mass is 10.1. The predicted molar refractivity (Wildman–Crippen MR) is 56.3 cm³/mol. The quantitative estimate of drug-likeness (QED) is 0.682. The second kappa shape index (κ2) is 5.33. The van der Waals surface area contributed by atoms with Crippen molar-refractivity contribution in [2.45, 2.75) is 13.0 Å². The van der Waals surface area contributed by atoms with E-state index >= 15 is 0 Å². The van der Waals surface area contributed by atoms with Crippen molar-refractivity contribution < 1.29 is 5.11 Å². The molecule has 68 valence electrons. The van der Waals surface area contributed by atoms with Crippen LogP contribution < -0.4 is 0 Å². The lowest BCUT2D eigenvalue weighted by Gasteiger charge is -1.95. The minimum Gasteiger partial charge on any atom is -0.389 e. The van der Waals surface area contributed by atoms with Crippen molar-refractivity contribution in [1.29, 1.82) is 0 Å². The summed E-state index contributed by atoms with van der Waals surface area (Å²) in [4.78, 5) is 0. The summed E-state index contributed by atoms with van der Waals surface area (Å²) in [5.74, 6) is 0. The molecule has 1 nitrogen and oxygen atoms in total. The Balaban J connectivity index is 2.68. The topological polar surface area (TPSA) is 20.2 Å². The normalized spacial score (nSPS) is 29.8. The van der Waals surface area contributed by atoms with Crippen LogP contribution >= 0.6 is 0 Å². The van der Waals surface area contributed by atoms with Crippen molar-refractivity contribution in [3.05, 3.63) is 60.3 Å². The first kappa shape index (κ1) is 9.75. The highest BCUT2D eigenvalue weighted by Gasteiger charge is 1.87. The molecule has 13 heavy (non-hydrogen) atoms. The van der Waals surface area contributed by atoms with Crippen LogP contribution in [-0.4, -0.2) is 11.2 Å². The van der Waals surface area contributed by atoms with E-state index in [9.17, 15) is 0 Å². The van der Waals surface area contributed by atoms with Crippen molar-refractivity contribution in [2.24, 2.45) is 0 Å². The Morgan fingerprint density at radius 1 is 1.15 bits per heavy atom. The van der Waals surface area contributed by atoms with Crippen LogP contribution in [0.15, 0.2) is 60.3 Å². The number of aliphatic hydroxyl groups is 1. The zero-order valence-electron chi connectivity index (χ0n) is 7.72. The molecule has 1 atom stereocenters. The van der Waals surface area contributed by atoms with E-state index < -0.39 is 0 Å². The van der Waals surface area contributed by atoms with Crippen molar-refractivity contribution in [3.63, 3.8) is 0 Å². The lowest BCUT2D eigenvalue weighted by Crippen LogP contribution is -1.91. The van der Waals surface area contributed by atoms with Crippen LogP contribution in [0.5, 0.6) is 0 Å². The Labute approximate surface area is 79.1 Å². The molecule has 1 unspecified atom stereocenters. The van der Waals surface area contributed by atoms with Crippen molar-refractivity contribution in [3.8, 4) is 0 Å². The molecule has 0 aliphatic heterocycles. The average Bonchev–Trinajstić information content (AvgIpc) is 2.01. The van der Waals surface area contributed by atoms with Gasteiger partial charge in [0.2, 0.25) is 0 Å². The van der Waals surface area contributed by atoms with E-state index in [0.717, 1.165) is 5.57 Å². The fraction of sp³-hybridized carbons (Fsp3) is 0.167. The molecule has 0 heterocycles. The lowest BCUT2D eigenvalue weighted by molar-refractivity contribution is 0.244. The Bertz CT molecular complexity index is 288. The second-order valence-corrected chi connectivity index (χ2v) is 2.90. The Morgan fingerprint density at radius 2 is 1.85 bits per heavy atom. The molecule has 0 aromatic heterocycles. The number of aliphatic hydroxyl groups excluding tert-OH is 1. The first-order valence-corrected chi connectivity index (χ1v) is 4.37. The molecule has 0 saturated carbocycles. The van der Waals surface area contributed by atoms with Gasteiger partial charge in [-0.25, -0.2) is 0 Å². The monoisotopic (exact) mass is 174 g/mol. The van der Waals surface area contributed by atoms with Crippen LogP contribution in [0.1, 0.15) is 6.92 Å². The first-order valence-electron chi connectivity index (χ1n) is 4.37. The van der Waals surface area contributed by atoms with Gasteiger partial charge >= 0.3 is 0 Å². The summed E-state index contributed by atoms with van der Waals surface area (Å²) in [6.45, 7) is 1.74.